The average Bonchev–Trinajstić information content (AvgIpc) is 2.47. The van der Waals surface area contributed by atoms with Crippen molar-refractivity contribution in [3.63, 3.8) is 0 Å². The van der Waals surface area contributed by atoms with Crippen LogP contribution in [0.5, 0.6) is 0 Å². The number of rotatable bonds is 6. The molecule has 0 aliphatic carbocycles. The molecular weight excluding hydrogens is 240 g/mol. The number of aliphatic hydroxyl groups is 1. The molecule has 0 radical (unpaired) electrons. The number of nitrogens with zero attached hydrogens (tertiary/aromatic N) is 3. The lowest BCUT2D eigenvalue weighted by atomic mass is 10.1. The van der Waals surface area contributed by atoms with Gasteiger partial charge in [0.2, 0.25) is 0 Å². The first kappa shape index (κ1) is 14.4. The Bertz CT molecular complexity index is 362. The molecule has 0 fully saturated rings. The Morgan fingerprint density at radius 2 is 2.24 bits per heavy atom. The molecule has 0 saturated carbocycles. The highest BCUT2D eigenvalue weighted by molar-refractivity contribution is 6.29. The van der Waals surface area contributed by atoms with Crippen molar-refractivity contribution >= 4 is 11.6 Å². The fourth-order valence-corrected chi connectivity index (χ4v) is 1.92. The van der Waals surface area contributed by atoms with Crippen molar-refractivity contribution < 1.29 is 5.11 Å². The maximum absolute atomic E-state index is 10.1. The summed E-state index contributed by atoms with van der Waals surface area (Å²) in [5, 5.41) is 13.9. The first-order valence-electron chi connectivity index (χ1n) is 5.56. The summed E-state index contributed by atoms with van der Waals surface area (Å²) >= 11 is 5.88. The van der Waals surface area contributed by atoms with Crippen LogP contribution in [0.25, 0.3) is 0 Å². The number of nitrogens with one attached hydrogen (secondary N) is 1. The number of likely N-dealkylation sites (N-methyl/N-ethyl adjacent to an activating group) is 1. The smallest absolute Gasteiger partial charge is 0.128 e. The van der Waals surface area contributed by atoms with Crippen LogP contribution in [-0.2, 0) is 13.6 Å². The second-order valence-corrected chi connectivity index (χ2v) is 5.28. The third-order valence-corrected chi connectivity index (χ3v) is 2.82. The Balaban J connectivity index is 2.40. The van der Waals surface area contributed by atoms with E-state index in [9.17, 15) is 5.11 Å². The third kappa shape index (κ3) is 4.63. The van der Waals surface area contributed by atoms with Gasteiger partial charge in [-0.2, -0.15) is 0 Å². The number of imidazole rings is 1. The second-order valence-electron chi connectivity index (χ2n) is 4.89. The lowest BCUT2D eigenvalue weighted by molar-refractivity contribution is 0.0334. The van der Waals surface area contributed by atoms with Crippen LogP contribution < -0.4 is 5.32 Å². The summed E-state index contributed by atoms with van der Waals surface area (Å²) in [5.41, 5.74) is -0.752. The maximum atomic E-state index is 10.1. The molecule has 0 spiro atoms. The van der Waals surface area contributed by atoms with Gasteiger partial charge in [0, 0.05) is 20.1 Å². The minimum atomic E-state index is -0.752. The van der Waals surface area contributed by atoms with E-state index in [1.807, 2.05) is 37.5 Å². The van der Waals surface area contributed by atoms with Crippen molar-refractivity contribution in [1.29, 1.82) is 0 Å². The molecule has 1 aromatic heterocycles. The standard InChI is InChI=1S/C11H21ClN4O/c1-11(17,8-15(2)3)7-13-6-10-14-5-9(12)16(10)4/h5,13,17H,6-8H2,1-4H3. The van der Waals surface area contributed by atoms with Gasteiger partial charge in [0.1, 0.15) is 11.0 Å². The van der Waals surface area contributed by atoms with Gasteiger partial charge in [0.15, 0.2) is 0 Å². The van der Waals surface area contributed by atoms with Crippen molar-refractivity contribution in [2.45, 2.75) is 19.1 Å². The van der Waals surface area contributed by atoms with E-state index in [-0.39, 0.29) is 0 Å². The molecule has 1 unspecified atom stereocenters. The Morgan fingerprint density at radius 1 is 1.59 bits per heavy atom. The maximum Gasteiger partial charge on any atom is 0.128 e. The molecule has 0 aliphatic rings. The fourth-order valence-electron chi connectivity index (χ4n) is 1.77. The fraction of sp³-hybridized carbons (Fsp3) is 0.727. The molecule has 0 amide bonds. The summed E-state index contributed by atoms with van der Waals surface area (Å²) in [7, 11) is 5.74. The zero-order valence-corrected chi connectivity index (χ0v) is 11.6. The van der Waals surface area contributed by atoms with Crippen LogP contribution in [0.2, 0.25) is 5.15 Å². The van der Waals surface area contributed by atoms with Crippen molar-refractivity contribution in [3.05, 3.63) is 17.2 Å². The molecule has 0 saturated heterocycles. The molecule has 0 aromatic carbocycles. The molecule has 6 heteroatoms. The largest absolute Gasteiger partial charge is 0.388 e. The monoisotopic (exact) mass is 260 g/mol. The number of aromatic nitrogens is 2. The minimum Gasteiger partial charge on any atom is -0.388 e. The van der Waals surface area contributed by atoms with Gasteiger partial charge in [-0.25, -0.2) is 4.98 Å². The van der Waals surface area contributed by atoms with Crippen molar-refractivity contribution in [3.8, 4) is 0 Å². The summed E-state index contributed by atoms with van der Waals surface area (Å²) in [6.45, 7) is 3.52. The zero-order valence-electron chi connectivity index (χ0n) is 10.9. The lowest BCUT2D eigenvalue weighted by Crippen LogP contribution is -2.45. The first-order chi connectivity index (χ1) is 7.82. The second kappa shape index (κ2) is 5.82. The van der Waals surface area contributed by atoms with Gasteiger partial charge in [-0.1, -0.05) is 11.6 Å². The Labute approximate surface area is 107 Å². The lowest BCUT2D eigenvalue weighted by Gasteiger charge is -2.27. The van der Waals surface area contributed by atoms with Gasteiger partial charge in [-0.3, -0.25) is 0 Å². The predicted octanol–water partition coefficient (Wildman–Crippen LogP) is 0.476. The molecule has 98 valence electrons. The van der Waals surface area contributed by atoms with Crippen LogP contribution in [0.15, 0.2) is 6.20 Å². The summed E-state index contributed by atoms with van der Waals surface area (Å²) in [6, 6.07) is 0. The predicted molar refractivity (Wildman–Crippen MR) is 69.1 cm³/mol. The molecule has 2 N–H and O–H groups in total. The van der Waals surface area contributed by atoms with Gasteiger partial charge in [-0.05, 0) is 21.0 Å². The molecule has 5 nitrogen and oxygen atoms in total. The quantitative estimate of drug-likeness (QED) is 0.781. The summed E-state index contributed by atoms with van der Waals surface area (Å²) in [6.07, 6.45) is 1.62. The van der Waals surface area contributed by atoms with Crippen LogP contribution >= 0.6 is 11.6 Å². The number of hydrogen-bond acceptors (Lipinski definition) is 4. The van der Waals surface area contributed by atoms with Crippen molar-refractivity contribution in [1.82, 2.24) is 19.8 Å². The van der Waals surface area contributed by atoms with E-state index in [1.54, 1.807) is 6.20 Å². The summed E-state index contributed by atoms with van der Waals surface area (Å²) < 4.78 is 1.81. The minimum absolute atomic E-state index is 0.510. The molecule has 1 aromatic rings. The Morgan fingerprint density at radius 3 is 2.71 bits per heavy atom. The highest BCUT2D eigenvalue weighted by Gasteiger charge is 2.20. The van der Waals surface area contributed by atoms with Crippen LogP contribution in [0.3, 0.4) is 0 Å². The van der Waals surface area contributed by atoms with E-state index in [1.165, 1.54) is 0 Å². The van der Waals surface area contributed by atoms with Crippen LogP contribution in [0.4, 0.5) is 0 Å². The third-order valence-electron chi connectivity index (χ3n) is 2.47. The molecule has 1 heterocycles. The highest BCUT2D eigenvalue weighted by atomic mass is 35.5. The van der Waals surface area contributed by atoms with E-state index in [4.69, 9.17) is 11.6 Å². The molecule has 1 atom stereocenters. The van der Waals surface area contributed by atoms with Gasteiger partial charge >= 0.3 is 0 Å². The average molecular weight is 261 g/mol. The Kier molecular flexibility index (Phi) is 4.94. The number of halogens is 1. The van der Waals surface area contributed by atoms with Gasteiger partial charge < -0.3 is 19.9 Å². The van der Waals surface area contributed by atoms with Crippen molar-refractivity contribution in [2.75, 3.05) is 27.2 Å². The van der Waals surface area contributed by atoms with Gasteiger partial charge in [0.05, 0.1) is 18.3 Å². The van der Waals surface area contributed by atoms with E-state index >= 15 is 0 Å². The summed E-state index contributed by atoms with van der Waals surface area (Å²) in [4.78, 5) is 6.13. The molecule has 0 bridgehead atoms. The molecule has 17 heavy (non-hydrogen) atoms. The summed E-state index contributed by atoms with van der Waals surface area (Å²) in [5.74, 6) is 0.857. The van der Waals surface area contributed by atoms with Crippen LogP contribution in [0.1, 0.15) is 12.7 Å². The van der Waals surface area contributed by atoms with Crippen molar-refractivity contribution in [2.24, 2.45) is 7.05 Å². The Hall–Kier alpha value is -0.620. The van der Waals surface area contributed by atoms with Gasteiger partial charge in [-0.15, -0.1) is 0 Å². The van der Waals surface area contributed by atoms with E-state index in [0.29, 0.717) is 24.8 Å². The topological polar surface area (TPSA) is 53.3 Å². The first-order valence-corrected chi connectivity index (χ1v) is 5.93. The van der Waals surface area contributed by atoms with Gasteiger partial charge in [0.25, 0.3) is 0 Å². The van der Waals surface area contributed by atoms with Crippen LogP contribution in [-0.4, -0.2) is 52.3 Å². The zero-order chi connectivity index (χ0) is 13.1. The van der Waals surface area contributed by atoms with E-state index in [0.717, 1.165) is 5.82 Å². The van der Waals surface area contributed by atoms with Crippen LogP contribution in [0, 0.1) is 0 Å². The highest BCUT2D eigenvalue weighted by Crippen LogP contribution is 2.09. The van der Waals surface area contributed by atoms with E-state index in [2.05, 4.69) is 10.3 Å². The molecule has 1 rings (SSSR count). The number of hydrogen-bond donors (Lipinski definition) is 2. The SMILES string of the molecule is CN(C)CC(C)(O)CNCc1ncc(Cl)n1C. The molecule has 0 aliphatic heterocycles. The normalized spacial score (nSPS) is 15.2. The van der Waals surface area contributed by atoms with E-state index < -0.39 is 5.60 Å². The molecular formula is C11H21ClN4O.